The lowest BCUT2D eigenvalue weighted by Crippen LogP contribution is -2.34. The average Bonchev–Trinajstić information content (AvgIpc) is 2.28. The molecule has 1 heterocycles. The molecular formula is C14H25N3O. The maximum absolute atomic E-state index is 9.15. The summed E-state index contributed by atoms with van der Waals surface area (Å²) < 4.78 is 0. The molecule has 3 N–H and O–H groups in total. The smallest absolute Gasteiger partial charge is 0.0549 e. The lowest BCUT2D eigenvalue weighted by molar-refractivity contribution is 0.235. The van der Waals surface area contributed by atoms with Crippen LogP contribution in [0.5, 0.6) is 0 Å². The maximum Gasteiger partial charge on any atom is 0.0549 e. The molecule has 4 heteroatoms. The molecule has 0 aliphatic heterocycles. The lowest BCUT2D eigenvalue weighted by Gasteiger charge is -2.32. The van der Waals surface area contributed by atoms with Gasteiger partial charge in [-0.1, -0.05) is 20.8 Å². The van der Waals surface area contributed by atoms with Crippen molar-refractivity contribution in [1.82, 2.24) is 4.98 Å². The first-order valence-electron chi connectivity index (χ1n) is 6.53. The first-order chi connectivity index (χ1) is 8.47. The van der Waals surface area contributed by atoms with Gasteiger partial charge in [0.2, 0.25) is 0 Å². The zero-order valence-electron chi connectivity index (χ0n) is 11.8. The molecular weight excluding hydrogens is 226 g/mol. The Morgan fingerprint density at radius 1 is 1.28 bits per heavy atom. The standard InChI is InChI=1S/C14H25N3O/c1-5-16-11-8-12(10-15-9-11)17-13(6-7-18)14(2,3)4/h8-10,13,16-18H,5-7H2,1-4H3. The van der Waals surface area contributed by atoms with Gasteiger partial charge in [-0.15, -0.1) is 0 Å². The van der Waals surface area contributed by atoms with Crippen LogP contribution in [0, 0.1) is 5.41 Å². The Morgan fingerprint density at radius 3 is 2.50 bits per heavy atom. The van der Waals surface area contributed by atoms with Gasteiger partial charge in [0, 0.05) is 19.2 Å². The van der Waals surface area contributed by atoms with E-state index in [9.17, 15) is 0 Å². The van der Waals surface area contributed by atoms with Crippen LogP contribution in [0.3, 0.4) is 0 Å². The van der Waals surface area contributed by atoms with E-state index in [0.29, 0.717) is 0 Å². The molecule has 0 spiro atoms. The molecule has 0 bridgehead atoms. The number of nitrogens with one attached hydrogen (secondary N) is 2. The van der Waals surface area contributed by atoms with Crippen molar-refractivity contribution in [3.8, 4) is 0 Å². The van der Waals surface area contributed by atoms with E-state index in [-0.39, 0.29) is 18.1 Å². The summed E-state index contributed by atoms with van der Waals surface area (Å²) in [5, 5.41) is 15.8. The van der Waals surface area contributed by atoms with Gasteiger partial charge in [0.15, 0.2) is 0 Å². The van der Waals surface area contributed by atoms with Crippen molar-refractivity contribution < 1.29 is 5.11 Å². The fourth-order valence-corrected chi connectivity index (χ4v) is 1.87. The minimum Gasteiger partial charge on any atom is -0.396 e. The molecule has 18 heavy (non-hydrogen) atoms. The predicted molar refractivity (Wildman–Crippen MR) is 77.0 cm³/mol. The molecule has 0 aromatic carbocycles. The van der Waals surface area contributed by atoms with Gasteiger partial charge in [0.1, 0.15) is 0 Å². The summed E-state index contributed by atoms with van der Waals surface area (Å²) in [4.78, 5) is 4.21. The zero-order valence-corrected chi connectivity index (χ0v) is 11.8. The van der Waals surface area contributed by atoms with Crippen molar-refractivity contribution in [3.05, 3.63) is 18.5 Å². The molecule has 0 amide bonds. The molecule has 0 aliphatic carbocycles. The predicted octanol–water partition coefficient (Wildman–Crippen LogP) is 2.72. The van der Waals surface area contributed by atoms with Crippen molar-refractivity contribution in [3.63, 3.8) is 0 Å². The minimum atomic E-state index is 0.0942. The van der Waals surface area contributed by atoms with E-state index in [2.05, 4.69) is 43.3 Å². The van der Waals surface area contributed by atoms with Crippen molar-refractivity contribution in [2.24, 2.45) is 5.41 Å². The molecule has 0 saturated heterocycles. The van der Waals surface area contributed by atoms with Crippen LogP contribution in [-0.4, -0.2) is 29.3 Å². The molecule has 1 rings (SSSR count). The van der Waals surface area contributed by atoms with Gasteiger partial charge in [-0.3, -0.25) is 4.98 Å². The molecule has 4 nitrogen and oxygen atoms in total. The number of aromatic nitrogens is 1. The molecule has 0 aliphatic rings. The monoisotopic (exact) mass is 251 g/mol. The van der Waals surface area contributed by atoms with Crippen LogP contribution in [0.1, 0.15) is 34.1 Å². The van der Waals surface area contributed by atoms with Crippen LogP contribution in [0.25, 0.3) is 0 Å². The Kier molecular flexibility index (Phi) is 5.41. The van der Waals surface area contributed by atoms with Gasteiger partial charge >= 0.3 is 0 Å². The number of hydrogen-bond acceptors (Lipinski definition) is 4. The highest BCUT2D eigenvalue weighted by molar-refractivity contribution is 5.54. The van der Waals surface area contributed by atoms with E-state index in [1.165, 1.54) is 0 Å². The summed E-state index contributed by atoms with van der Waals surface area (Å²) in [6.45, 7) is 9.63. The molecule has 1 atom stereocenters. The largest absolute Gasteiger partial charge is 0.396 e. The van der Waals surface area contributed by atoms with Crippen LogP contribution in [0.4, 0.5) is 11.4 Å². The number of hydrogen-bond donors (Lipinski definition) is 3. The molecule has 1 aromatic rings. The van der Waals surface area contributed by atoms with E-state index in [1.807, 2.05) is 18.5 Å². The van der Waals surface area contributed by atoms with Crippen LogP contribution in [-0.2, 0) is 0 Å². The Balaban J connectivity index is 2.77. The summed E-state index contributed by atoms with van der Waals surface area (Å²) in [7, 11) is 0. The van der Waals surface area contributed by atoms with Gasteiger partial charge in [-0.05, 0) is 24.8 Å². The summed E-state index contributed by atoms with van der Waals surface area (Å²) in [6.07, 6.45) is 4.36. The molecule has 0 fully saturated rings. The third-order valence-corrected chi connectivity index (χ3v) is 2.92. The topological polar surface area (TPSA) is 57.2 Å². The van der Waals surface area contributed by atoms with Gasteiger partial charge < -0.3 is 15.7 Å². The number of anilines is 2. The molecule has 1 unspecified atom stereocenters. The zero-order chi connectivity index (χ0) is 13.6. The van der Waals surface area contributed by atoms with E-state index in [0.717, 1.165) is 24.3 Å². The quantitative estimate of drug-likeness (QED) is 0.727. The third-order valence-electron chi connectivity index (χ3n) is 2.92. The molecule has 0 radical (unpaired) electrons. The first kappa shape index (κ1) is 14.8. The van der Waals surface area contributed by atoms with Gasteiger partial charge in [-0.25, -0.2) is 0 Å². The van der Waals surface area contributed by atoms with E-state index in [4.69, 9.17) is 5.11 Å². The fraction of sp³-hybridized carbons (Fsp3) is 0.643. The van der Waals surface area contributed by atoms with Crippen LogP contribution in [0.2, 0.25) is 0 Å². The number of aliphatic hydroxyl groups is 1. The highest BCUT2D eigenvalue weighted by Gasteiger charge is 2.23. The third kappa shape index (κ3) is 4.53. The highest BCUT2D eigenvalue weighted by atomic mass is 16.3. The number of aliphatic hydroxyl groups excluding tert-OH is 1. The van der Waals surface area contributed by atoms with Gasteiger partial charge in [-0.2, -0.15) is 0 Å². The van der Waals surface area contributed by atoms with E-state index < -0.39 is 0 Å². The Morgan fingerprint density at radius 2 is 1.94 bits per heavy atom. The Hall–Kier alpha value is -1.29. The van der Waals surface area contributed by atoms with Crippen LogP contribution >= 0.6 is 0 Å². The fourth-order valence-electron chi connectivity index (χ4n) is 1.87. The number of rotatable bonds is 6. The molecule has 102 valence electrons. The van der Waals surface area contributed by atoms with Crippen molar-refractivity contribution in [1.29, 1.82) is 0 Å². The second-order valence-corrected chi connectivity index (χ2v) is 5.57. The first-order valence-corrected chi connectivity index (χ1v) is 6.53. The SMILES string of the molecule is CCNc1cncc(NC(CCO)C(C)(C)C)c1. The van der Waals surface area contributed by atoms with Crippen LogP contribution < -0.4 is 10.6 Å². The molecule has 0 saturated carbocycles. The second kappa shape index (κ2) is 6.59. The summed E-state index contributed by atoms with van der Waals surface area (Å²) in [5.41, 5.74) is 2.10. The van der Waals surface area contributed by atoms with Crippen molar-refractivity contribution in [2.75, 3.05) is 23.8 Å². The van der Waals surface area contributed by atoms with Crippen molar-refractivity contribution in [2.45, 2.75) is 40.2 Å². The lowest BCUT2D eigenvalue weighted by atomic mass is 9.85. The van der Waals surface area contributed by atoms with Gasteiger partial charge in [0.25, 0.3) is 0 Å². The molecule has 1 aromatic heterocycles. The normalized spacial score (nSPS) is 13.2. The van der Waals surface area contributed by atoms with E-state index in [1.54, 1.807) is 0 Å². The average molecular weight is 251 g/mol. The van der Waals surface area contributed by atoms with Gasteiger partial charge in [0.05, 0.1) is 23.8 Å². The summed E-state index contributed by atoms with van der Waals surface area (Å²) in [5.74, 6) is 0. The maximum atomic E-state index is 9.15. The van der Waals surface area contributed by atoms with Crippen molar-refractivity contribution >= 4 is 11.4 Å². The summed E-state index contributed by atoms with van der Waals surface area (Å²) in [6, 6.07) is 2.27. The Bertz CT molecular complexity index is 360. The summed E-state index contributed by atoms with van der Waals surface area (Å²) >= 11 is 0. The second-order valence-electron chi connectivity index (χ2n) is 5.57. The highest BCUT2D eigenvalue weighted by Crippen LogP contribution is 2.26. The Labute approximate surface area is 110 Å². The van der Waals surface area contributed by atoms with E-state index >= 15 is 0 Å². The number of pyridine rings is 1. The minimum absolute atomic E-state index is 0.0942. The van der Waals surface area contributed by atoms with Crippen LogP contribution in [0.15, 0.2) is 18.5 Å². The number of nitrogens with zero attached hydrogens (tertiary/aromatic N) is 1.